The first-order chi connectivity index (χ1) is 9.19. The summed E-state index contributed by atoms with van der Waals surface area (Å²) < 4.78 is 13.8. The summed E-state index contributed by atoms with van der Waals surface area (Å²) in [5.41, 5.74) is 1.79. The maximum Gasteiger partial charge on any atom is 0.128 e. The fourth-order valence-electron chi connectivity index (χ4n) is 3.51. The van der Waals surface area contributed by atoms with Crippen molar-refractivity contribution in [3.05, 3.63) is 29.6 Å². The van der Waals surface area contributed by atoms with E-state index in [1.165, 1.54) is 19.4 Å². The highest BCUT2D eigenvalue weighted by Gasteiger charge is 2.35. The monoisotopic (exact) mass is 262 g/mol. The van der Waals surface area contributed by atoms with Crippen LogP contribution in [0.2, 0.25) is 0 Å². The molecule has 0 radical (unpaired) electrons. The molecule has 0 bridgehead atoms. The lowest BCUT2D eigenvalue weighted by Crippen LogP contribution is -2.56. The Balaban J connectivity index is 1.86. The molecule has 2 aliphatic rings. The van der Waals surface area contributed by atoms with Gasteiger partial charge in [0.2, 0.25) is 0 Å². The van der Waals surface area contributed by atoms with E-state index in [0.29, 0.717) is 12.1 Å². The van der Waals surface area contributed by atoms with Gasteiger partial charge in [0.25, 0.3) is 0 Å². The second kappa shape index (κ2) is 5.12. The van der Waals surface area contributed by atoms with Gasteiger partial charge in [-0.3, -0.25) is 4.90 Å². The first kappa shape index (κ1) is 12.9. The van der Waals surface area contributed by atoms with Gasteiger partial charge in [0, 0.05) is 30.9 Å². The lowest BCUT2D eigenvalue weighted by atomic mass is 10.0. The van der Waals surface area contributed by atoms with E-state index >= 15 is 0 Å². The van der Waals surface area contributed by atoms with Crippen LogP contribution in [-0.4, -0.2) is 36.6 Å². The van der Waals surface area contributed by atoms with Crippen molar-refractivity contribution in [2.24, 2.45) is 0 Å². The third-order valence-electron chi connectivity index (χ3n) is 4.75. The summed E-state index contributed by atoms with van der Waals surface area (Å²) in [6.07, 6.45) is 3.73. The number of hydrogen-bond acceptors (Lipinski definition) is 2. The second-order valence-corrected chi connectivity index (χ2v) is 5.94. The van der Waals surface area contributed by atoms with Crippen molar-refractivity contribution in [3.8, 4) is 0 Å². The number of nitrogens with zero attached hydrogens (tertiary/aromatic N) is 2. The quantitative estimate of drug-likeness (QED) is 0.807. The van der Waals surface area contributed by atoms with Gasteiger partial charge < -0.3 is 4.90 Å². The Morgan fingerprint density at radius 1 is 1.32 bits per heavy atom. The van der Waals surface area contributed by atoms with Crippen LogP contribution in [0.5, 0.6) is 0 Å². The molecule has 0 spiro atoms. The molecule has 0 aliphatic carbocycles. The van der Waals surface area contributed by atoms with Crippen molar-refractivity contribution in [2.75, 3.05) is 24.5 Å². The molecule has 2 heterocycles. The van der Waals surface area contributed by atoms with Gasteiger partial charge in [-0.25, -0.2) is 4.39 Å². The highest BCUT2D eigenvalue weighted by atomic mass is 19.1. The molecule has 3 rings (SSSR count). The molecule has 1 aromatic rings. The topological polar surface area (TPSA) is 6.48 Å². The van der Waals surface area contributed by atoms with E-state index in [9.17, 15) is 4.39 Å². The summed E-state index contributed by atoms with van der Waals surface area (Å²) in [7, 11) is 0. The fourth-order valence-corrected chi connectivity index (χ4v) is 3.51. The number of hydrogen-bond donors (Lipinski definition) is 0. The Morgan fingerprint density at radius 3 is 2.89 bits per heavy atom. The predicted molar refractivity (Wildman–Crippen MR) is 77.2 cm³/mol. The molecule has 2 fully saturated rings. The molecule has 0 N–H and O–H groups in total. The summed E-state index contributed by atoms with van der Waals surface area (Å²) in [6.45, 7) is 7.50. The van der Waals surface area contributed by atoms with Gasteiger partial charge in [-0.15, -0.1) is 0 Å². The van der Waals surface area contributed by atoms with E-state index in [-0.39, 0.29) is 5.82 Å². The zero-order valence-electron chi connectivity index (χ0n) is 11.9. The maximum absolute atomic E-state index is 13.8. The zero-order chi connectivity index (χ0) is 13.4. The van der Waals surface area contributed by atoms with Gasteiger partial charge in [0.1, 0.15) is 5.82 Å². The Kier molecular flexibility index (Phi) is 3.48. The summed E-state index contributed by atoms with van der Waals surface area (Å²) in [4.78, 5) is 5.05. The largest absolute Gasteiger partial charge is 0.366 e. The molecule has 2 aliphatic heterocycles. The van der Waals surface area contributed by atoms with Crippen LogP contribution in [0, 0.1) is 12.7 Å². The molecular formula is C16H23FN2. The summed E-state index contributed by atoms with van der Waals surface area (Å²) in [6, 6.07) is 6.88. The molecule has 1 aromatic carbocycles. The molecule has 2 unspecified atom stereocenters. The summed E-state index contributed by atoms with van der Waals surface area (Å²) in [5.74, 6) is -0.0822. The lowest BCUT2D eigenvalue weighted by molar-refractivity contribution is 0.194. The molecule has 0 saturated carbocycles. The molecule has 0 amide bonds. The normalized spacial score (nSPS) is 27.6. The number of rotatable bonds is 2. The van der Waals surface area contributed by atoms with Gasteiger partial charge in [-0.2, -0.15) is 0 Å². The lowest BCUT2D eigenvalue weighted by Gasteiger charge is -2.45. The zero-order valence-corrected chi connectivity index (χ0v) is 11.9. The van der Waals surface area contributed by atoms with Crippen molar-refractivity contribution in [1.82, 2.24) is 4.90 Å². The van der Waals surface area contributed by atoms with Crippen LogP contribution in [0.25, 0.3) is 0 Å². The molecule has 19 heavy (non-hydrogen) atoms. The summed E-state index contributed by atoms with van der Waals surface area (Å²) in [5, 5.41) is 0. The van der Waals surface area contributed by atoms with Crippen molar-refractivity contribution >= 4 is 5.69 Å². The van der Waals surface area contributed by atoms with Crippen LogP contribution in [0.3, 0.4) is 0 Å². The molecule has 2 saturated heterocycles. The molecular weight excluding hydrogens is 239 g/mol. The van der Waals surface area contributed by atoms with Crippen LogP contribution in [-0.2, 0) is 0 Å². The standard InChI is InChI=1S/C16H23FN2/c1-3-13-10-18-8-4-5-15(18)11-19(13)14-7-6-12(2)16(17)9-14/h6-7,9,13,15H,3-5,8,10-11H2,1-2H3. The van der Waals surface area contributed by atoms with Gasteiger partial charge >= 0.3 is 0 Å². The minimum atomic E-state index is -0.0822. The third-order valence-corrected chi connectivity index (χ3v) is 4.75. The van der Waals surface area contributed by atoms with E-state index in [1.54, 1.807) is 6.07 Å². The smallest absolute Gasteiger partial charge is 0.128 e. The van der Waals surface area contributed by atoms with Crippen molar-refractivity contribution < 1.29 is 4.39 Å². The van der Waals surface area contributed by atoms with E-state index in [4.69, 9.17) is 0 Å². The highest BCUT2D eigenvalue weighted by Crippen LogP contribution is 2.30. The molecule has 2 nitrogen and oxygen atoms in total. The van der Waals surface area contributed by atoms with Crippen LogP contribution >= 0.6 is 0 Å². The number of fused-ring (bicyclic) bond motifs is 1. The Labute approximate surface area is 115 Å². The van der Waals surface area contributed by atoms with Crippen molar-refractivity contribution in [2.45, 2.75) is 45.2 Å². The van der Waals surface area contributed by atoms with E-state index in [2.05, 4.69) is 22.8 Å². The minimum Gasteiger partial charge on any atom is -0.366 e. The van der Waals surface area contributed by atoms with Gasteiger partial charge in [-0.1, -0.05) is 13.0 Å². The second-order valence-electron chi connectivity index (χ2n) is 5.94. The maximum atomic E-state index is 13.8. The summed E-state index contributed by atoms with van der Waals surface area (Å²) >= 11 is 0. The van der Waals surface area contributed by atoms with Crippen LogP contribution in [0.1, 0.15) is 31.7 Å². The fraction of sp³-hybridized carbons (Fsp3) is 0.625. The predicted octanol–water partition coefficient (Wildman–Crippen LogP) is 3.20. The SMILES string of the molecule is CCC1CN2CCCC2CN1c1ccc(C)c(F)c1. The Hall–Kier alpha value is -1.09. The molecule has 2 atom stereocenters. The molecule has 104 valence electrons. The first-order valence-electron chi connectivity index (χ1n) is 7.46. The average molecular weight is 262 g/mol. The van der Waals surface area contributed by atoms with E-state index in [1.807, 2.05) is 13.0 Å². The van der Waals surface area contributed by atoms with E-state index < -0.39 is 0 Å². The third kappa shape index (κ3) is 2.36. The van der Waals surface area contributed by atoms with E-state index in [0.717, 1.165) is 30.8 Å². The van der Waals surface area contributed by atoms with Crippen molar-refractivity contribution in [1.29, 1.82) is 0 Å². The number of piperazine rings is 1. The first-order valence-corrected chi connectivity index (χ1v) is 7.46. The average Bonchev–Trinajstić information content (AvgIpc) is 2.87. The van der Waals surface area contributed by atoms with Gasteiger partial charge in [-0.05, 0) is 50.4 Å². The van der Waals surface area contributed by atoms with Crippen LogP contribution in [0.4, 0.5) is 10.1 Å². The molecule has 3 heteroatoms. The van der Waals surface area contributed by atoms with Crippen LogP contribution in [0.15, 0.2) is 18.2 Å². The number of halogens is 1. The van der Waals surface area contributed by atoms with Crippen LogP contribution < -0.4 is 4.90 Å². The highest BCUT2D eigenvalue weighted by molar-refractivity contribution is 5.50. The van der Waals surface area contributed by atoms with Gasteiger partial charge in [0.15, 0.2) is 0 Å². The Morgan fingerprint density at radius 2 is 2.16 bits per heavy atom. The molecule has 0 aromatic heterocycles. The van der Waals surface area contributed by atoms with Crippen molar-refractivity contribution in [3.63, 3.8) is 0 Å². The Bertz CT molecular complexity index is 460. The number of benzene rings is 1. The van der Waals surface area contributed by atoms with Gasteiger partial charge in [0.05, 0.1) is 0 Å². The minimum absolute atomic E-state index is 0.0822. The number of anilines is 1. The number of aryl methyl sites for hydroxylation is 1.